The van der Waals surface area contributed by atoms with Crippen molar-refractivity contribution in [2.24, 2.45) is 0 Å². The summed E-state index contributed by atoms with van der Waals surface area (Å²) in [5, 5.41) is 10.3. The maximum absolute atomic E-state index is 10.3. The monoisotopic (exact) mass is 119 g/mol. The van der Waals surface area contributed by atoms with Crippen molar-refractivity contribution in [2.45, 2.75) is 19.4 Å². The van der Waals surface area contributed by atoms with Crippen LogP contribution in [0.2, 0.25) is 0 Å². The Morgan fingerprint density at radius 1 is 1.86 bits per heavy atom. The molecule has 7 heavy (non-hydrogen) atoms. The second kappa shape index (κ2) is 4.16. The Morgan fingerprint density at radius 3 is 2.57 bits per heavy atom. The summed E-state index contributed by atoms with van der Waals surface area (Å²) in [6.45, 7) is 1.83. The lowest BCUT2D eigenvalue weighted by Gasteiger charge is -1.90. The van der Waals surface area contributed by atoms with Gasteiger partial charge in [-0.25, -0.2) is 5.11 Å². The summed E-state index contributed by atoms with van der Waals surface area (Å²) in [6.07, 6.45) is 1.43. The second-order valence-electron chi connectivity index (χ2n) is 1.27. The van der Waals surface area contributed by atoms with E-state index in [1.807, 2.05) is 6.92 Å². The summed E-state index contributed by atoms with van der Waals surface area (Å²) in [6, 6.07) is 0. The van der Waals surface area contributed by atoms with Crippen LogP contribution in [0.15, 0.2) is 11.6 Å². The fraction of sp³-hybridized carbons (Fsp3) is 0.600. The first-order valence-corrected chi connectivity index (χ1v) is 2.67. The zero-order chi connectivity index (χ0) is 5.70. The van der Waals surface area contributed by atoms with E-state index in [-0.39, 0.29) is 0 Å². The Balaban J connectivity index is 3.16. The van der Waals surface area contributed by atoms with Crippen molar-refractivity contribution < 1.29 is 5.11 Å². The Morgan fingerprint density at radius 2 is 2.43 bits per heavy atom. The topological polar surface area (TPSA) is 19.9 Å². The molecule has 0 aliphatic carbocycles. The minimum Gasteiger partial charge on any atom is -0.229 e. The minimum atomic E-state index is -0.613. The Hall–Kier alpha value is -0.0100. The van der Waals surface area contributed by atoms with Crippen LogP contribution < -0.4 is 0 Å². The zero-order valence-corrected chi connectivity index (χ0v) is 4.98. The van der Waals surface area contributed by atoms with Crippen molar-refractivity contribution in [3.8, 4) is 0 Å². The van der Waals surface area contributed by atoms with Gasteiger partial charge < -0.3 is 0 Å². The predicted octanol–water partition coefficient (Wildman–Crippen LogP) is 1.95. The molecule has 1 unspecified atom stereocenters. The lowest BCUT2D eigenvalue weighted by atomic mass is 10.3. The van der Waals surface area contributed by atoms with Crippen LogP contribution in [0.4, 0.5) is 0 Å². The van der Waals surface area contributed by atoms with E-state index < -0.39 is 6.10 Å². The molecule has 1 nitrogen and oxygen atoms in total. The van der Waals surface area contributed by atoms with Crippen LogP contribution in [-0.4, -0.2) is 6.10 Å². The highest BCUT2D eigenvalue weighted by molar-refractivity contribution is 6.25. The van der Waals surface area contributed by atoms with E-state index in [0.717, 1.165) is 0 Å². The second-order valence-corrected chi connectivity index (χ2v) is 1.52. The van der Waals surface area contributed by atoms with Gasteiger partial charge in [0.05, 0.1) is 0 Å². The van der Waals surface area contributed by atoms with Crippen molar-refractivity contribution in [3.05, 3.63) is 11.6 Å². The van der Waals surface area contributed by atoms with E-state index >= 15 is 0 Å². The Kier molecular flexibility index (Phi) is 4.15. The van der Waals surface area contributed by atoms with Crippen LogP contribution in [0.25, 0.3) is 0 Å². The third-order valence-electron chi connectivity index (χ3n) is 0.690. The highest BCUT2D eigenvalue weighted by Gasteiger charge is 1.91. The highest BCUT2D eigenvalue weighted by atomic mass is 35.5. The van der Waals surface area contributed by atoms with Crippen LogP contribution >= 0.6 is 11.6 Å². The van der Waals surface area contributed by atoms with Crippen molar-refractivity contribution in [2.75, 3.05) is 0 Å². The first-order chi connectivity index (χ1) is 3.31. The van der Waals surface area contributed by atoms with Gasteiger partial charge in [-0.1, -0.05) is 18.5 Å². The smallest absolute Gasteiger partial charge is 0.112 e. The van der Waals surface area contributed by atoms with Gasteiger partial charge >= 0.3 is 0 Å². The molecule has 0 aromatic heterocycles. The zero-order valence-electron chi connectivity index (χ0n) is 4.23. The fourth-order valence-electron chi connectivity index (χ4n) is 0.217. The standard InChI is InChI=1S/C5H8ClO/c1-2-5(7)3-4-6/h3-5H,2H2,1H3/b4-3+. The van der Waals surface area contributed by atoms with Crippen LogP contribution in [0.1, 0.15) is 13.3 Å². The van der Waals surface area contributed by atoms with E-state index in [1.165, 1.54) is 11.6 Å². The SMILES string of the molecule is CCC([O])/C=C/Cl. The molecule has 0 fully saturated rings. The summed E-state index contributed by atoms with van der Waals surface area (Å²) >= 11 is 5.09. The molecule has 0 spiro atoms. The van der Waals surface area contributed by atoms with E-state index in [0.29, 0.717) is 6.42 Å². The summed E-state index contributed by atoms with van der Waals surface area (Å²) < 4.78 is 0. The van der Waals surface area contributed by atoms with Crippen molar-refractivity contribution in [1.82, 2.24) is 0 Å². The van der Waals surface area contributed by atoms with Crippen molar-refractivity contribution in [1.29, 1.82) is 0 Å². The van der Waals surface area contributed by atoms with E-state index in [9.17, 15) is 5.11 Å². The molecule has 0 heterocycles. The maximum atomic E-state index is 10.3. The number of rotatable bonds is 2. The molecule has 0 aliphatic rings. The van der Waals surface area contributed by atoms with Gasteiger partial charge in [-0.2, -0.15) is 0 Å². The van der Waals surface area contributed by atoms with Crippen LogP contribution in [0.3, 0.4) is 0 Å². The van der Waals surface area contributed by atoms with E-state index in [4.69, 9.17) is 11.6 Å². The molecule has 0 aromatic carbocycles. The van der Waals surface area contributed by atoms with E-state index in [1.54, 1.807) is 0 Å². The molecule has 41 valence electrons. The molecular weight excluding hydrogens is 112 g/mol. The molecule has 0 bridgehead atoms. The maximum Gasteiger partial charge on any atom is 0.112 e. The van der Waals surface area contributed by atoms with Crippen LogP contribution in [-0.2, 0) is 5.11 Å². The summed E-state index contributed by atoms with van der Waals surface area (Å²) in [4.78, 5) is 0. The number of hydrogen-bond acceptors (Lipinski definition) is 0. The molecule has 0 amide bonds. The molecule has 0 aliphatic heterocycles. The molecule has 0 rings (SSSR count). The summed E-state index contributed by atoms with van der Waals surface area (Å²) in [5.74, 6) is 0. The first-order valence-electron chi connectivity index (χ1n) is 2.24. The molecular formula is C5H8ClO. The Bertz CT molecular complexity index is 61.1. The lowest BCUT2D eigenvalue weighted by Crippen LogP contribution is -1.94. The third kappa shape index (κ3) is 3.83. The number of halogens is 1. The normalized spacial score (nSPS) is 15.3. The number of hydrogen-bond donors (Lipinski definition) is 0. The van der Waals surface area contributed by atoms with Crippen molar-refractivity contribution >= 4 is 11.6 Å². The third-order valence-corrected chi connectivity index (χ3v) is 0.835. The largest absolute Gasteiger partial charge is 0.229 e. The van der Waals surface area contributed by atoms with Gasteiger partial charge in [0.15, 0.2) is 0 Å². The molecule has 1 radical (unpaired) electrons. The molecule has 0 aromatic rings. The van der Waals surface area contributed by atoms with E-state index in [2.05, 4.69) is 0 Å². The average molecular weight is 120 g/mol. The molecule has 0 saturated carbocycles. The van der Waals surface area contributed by atoms with Gasteiger partial charge in [0.2, 0.25) is 0 Å². The fourth-order valence-corrected chi connectivity index (χ4v) is 0.379. The minimum absolute atomic E-state index is 0.613. The van der Waals surface area contributed by atoms with Gasteiger partial charge in [-0.15, -0.1) is 0 Å². The van der Waals surface area contributed by atoms with Gasteiger partial charge in [0.1, 0.15) is 6.10 Å². The summed E-state index contributed by atoms with van der Waals surface area (Å²) in [5.41, 5.74) is 1.27. The average Bonchev–Trinajstić information content (AvgIpc) is 1.68. The Labute approximate surface area is 48.6 Å². The summed E-state index contributed by atoms with van der Waals surface area (Å²) in [7, 11) is 0. The predicted molar refractivity (Wildman–Crippen MR) is 29.8 cm³/mol. The van der Waals surface area contributed by atoms with Gasteiger partial charge in [0, 0.05) is 5.54 Å². The molecule has 0 N–H and O–H groups in total. The van der Waals surface area contributed by atoms with Gasteiger partial charge in [-0.3, -0.25) is 0 Å². The van der Waals surface area contributed by atoms with Crippen LogP contribution in [0, 0.1) is 0 Å². The van der Waals surface area contributed by atoms with Crippen LogP contribution in [0.5, 0.6) is 0 Å². The molecule has 0 saturated heterocycles. The highest BCUT2D eigenvalue weighted by Crippen LogP contribution is 1.92. The molecule has 2 heteroatoms. The quantitative estimate of drug-likeness (QED) is 0.530. The van der Waals surface area contributed by atoms with Gasteiger partial charge in [0.25, 0.3) is 0 Å². The van der Waals surface area contributed by atoms with Crippen molar-refractivity contribution in [3.63, 3.8) is 0 Å². The first kappa shape index (κ1) is 6.99. The molecule has 1 atom stereocenters. The lowest BCUT2D eigenvalue weighted by molar-refractivity contribution is 0.127. The van der Waals surface area contributed by atoms with Gasteiger partial charge in [-0.05, 0) is 12.5 Å².